The van der Waals surface area contributed by atoms with Gasteiger partial charge < -0.3 is 19.8 Å². The largest absolute Gasteiger partial charge is 0.494 e. The number of aromatic nitrogens is 1. The van der Waals surface area contributed by atoms with Gasteiger partial charge in [-0.1, -0.05) is 18.2 Å². The molecule has 1 aliphatic rings. The van der Waals surface area contributed by atoms with E-state index in [4.69, 9.17) is 4.74 Å². The number of aromatic hydroxyl groups is 2. The predicted molar refractivity (Wildman–Crippen MR) is 90.7 cm³/mol. The van der Waals surface area contributed by atoms with Gasteiger partial charge in [0.25, 0.3) is 0 Å². The second kappa shape index (κ2) is 6.86. The van der Waals surface area contributed by atoms with E-state index in [1.54, 1.807) is 19.1 Å². The molecule has 0 aliphatic carbocycles. The number of para-hydroxylation sites is 1. The topological polar surface area (TPSA) is 74.9 Å². The molecule has 2 N–H and O–H groups in total. The monoisotopic (exact) mass is 330 g/mol. The Labute approximate surface area is 140 Å². The summed E-state index contributed by atoms with van der Waals surface area (Å²) in [5.41, 5.74) is 1.21. The second-order valence-corrected chi connectivity index (χ2v) is 5.92. The molecule has 6 nitrogen and oxygen atoms in total. The number of anilines is 1. The maximum Gasteiger partial charge on any atom is 0.310 e. The molecular weight excluding hydrogens is 308 g/mol. The van der Waals surface area contributed by atoms with Gasteiger partial charge in [0, 0.05) is 19.2 Å². The van der Waals surface area contributed by atoms with Crippen molar-refractivity contribution in [2.75, 3.05) is 24.6 Å². The minimum absolute atomic E-state index is 0.0248. The van der Waals surface area contributed by atoms with Crippen LogP contribution in [-0.2, 0) is 9.53 Å². The first-order valence-electron chi connectivity index (χ1n) is 8.22. The zero-order valence-corrected chi connectivity index (χ0v) is 13.7. The second-order valence-electron chi connectivity index (χ2n) is 5.92. The molecular formula is C18H22N2O4. The fourth-order valence-electron chi connectivity index (χ4n) is 3.19. The van der Waals surface area contributed by atoms with Crippen molar-refractivity contribution in [2.45, 2.75) is 19.8 Å². The lowest BCUT2D eigenvalue weighted by Crippen LogP contribution is -2.39. The molecule has 1 atom stereocenters. The van der Waals surface area contributed by atoms with Crippen LogP contribution in [0, 0.1) is 5.92 Å². The van der Waals surface area contributed by atoms with Gasteiger partial charge in [-0.05, 0) is 31.9 Å². The van der Waals surface area contributed by atoms with Crippen LogP contribution < -0.4 is 4.90 Å². The van der Waals surface area contributed by atoms with Crippen LogP contribution in [0.15, 0.2) is 36.4 Å². The predicted octanol–water partition coefficient (Wildman–Crippen LogP) is 2.67. The molecule has 0 amide bonds. The number of hydrogen-bond donors (Lipinski definition) is 2. The average molecular weight is 330 g/mol. The lowest BCUT2D eigenvalue weighted by Gasteiger charge is -2.32. The SMILES string of the molecule is CCOC(=O)C1CCCN(c2cc(O)n(-c3ccccc3)c2O)C1. The van der Waals surface area contributed by atoms with E-state index in [0.29, 0.717) is 24.5 Å². The van der Waals surface area contributed by atoms with Crippen molar-refractivity contribution in [1.82, 2.24) is 4.57 Å². The van der Waals surface area contributed by atoms with E-state index in [0.717, 1.165) is 19.4 Å². The molecule has 0 spiro atoms. The van der Waals surface area contributed by atoms with Gasteiger partial charge in [0.2, 0.25) is 11.8 Å². The van der Waals surface area contributed by atoms with Crippen LogP contribution in [0.25, 0.3) is 5.69 Å². The van der Waals surface area contributed by atoms with Crippen LogP contribution in [-0.4, -0.2) is 40.4 Å². The highest BCUT2D eigenvalue weighted by Gasteiger charge is 2.30. The molecule has 6 heteroatoms. The van der Waals surface area contributed by atoms with Gasteiger partial charge in [0.15, 0.2) is 0 Å². The number of rotatable bonds is 4. The molecule has 1 saturated heterocycles. The molecule has 1 aromatic heterocycles. The van der Waals surface area contributed by atoms with Gasteiger partial charge in [0.1, 0.15) is 5.69 Å². The van der Waals surface area contributed by atoms with Crippen LogP contribution >= 0.6 is 0 Å². The van der Waals surface area contributed by atoms with Crippen molar-refractivity contribution in [1.29, 1.82) is 0 Å². The summed E-state index contributed by atoms with van der Waals surface area (Å²) in [6.07, 6.45) is 1.61. The van der Waals surface area contributed by atoms with Crippen molar-refractivity contribution in [2.24, 2.45) is 5.92 Å². The van der Waals surface area contributed by atoms with E-state index in [2.05, 4.69) is 0 Å². The normalized spacial score (nSPS) is 17.7. The van der Waals surface area contributed by atoms with Crippen LogP contribution in [0.4, 0.5) is 5.69 Å². The number of carbonyl (C=O) groups excluding carboxylic acids is 1. The van der Waals surface area contributed by atoms with Crippen molar-refractivity contribution in [3.63, 3.8) is 0 Å². The van der Waals surface area contributed by atoms with Crippen molar-refractivity contribution in [3.05, 3.63) is 36.4 Å². The first kappa shape index (κ1) is 16.2. The summed E-state index contributed by atoms with van der Waals surface area (Å²) in [6, 6.07) is 10.7. The lowest BCUT2D eigenvalue weighted by atomic mass is 9.98. The summed E-state index contributed by atoms with van der Waals surface area (Å²) in [5.74, 6) is -0.469. The lowest BCUT2D eigenvalue weighted by molar-refractivity contribution is -0.148. The molecule has 0 bridgehead atoms. The van der Waals surface area contributed by atoms with E-state index < -0.39 is 0 Å². The number of nitrogens with zero attached hydrogens (tertiary/aromatic N) is 2. The Morgan fingerprint density at radius 3 is 2.75 bits per heavy atom. The molecule has 2 heterocycles. The summed E-state index contributed by atoms with van der Waals surface area (Å²) in [4.78, 5) is 13.9. The number of ether oxygens (including phenoxy) is 1. The van der Waals surface area contributed by atoms with E-state index in [1.807, 2.05) is 23.1 Å². The molecule has 1 aliphatic heterocycles. The van der Waals surface area contributed by atoms with Gasteiger partial charge in [-0.25, -0.2) is 4.57 Å². The number of esters is 1. The maximum absolute atomic E-state index is 12.0. The molecule has 24 heavy (non-hydrogen) atoms. The Kier molecular flexibility index (Phi) is 4.64. The number of hydrogen-bond acceptors (Lipinski definition) is 5. The quantitative estimate of drug-likeness (QED) is 0.843. The Morgan fingerprint density at radius 1 is 1.29 bits per heavy atom. The Balaban J connectivity index is 1.86. The summed E-state index contributed by atoms with van der Waals surface area (Å²) in [6.45, 7) is 3.36. The molecule has 1 aromatic carbocycles. The zero-order chi connectivity index (χ0) is 17.1. The third-order valence-electron chi connectivity index (χ3n) is 4.33. The fraction of sp³-hybridized carbons (Fsp3) is 0.389. The minimum atomic E-state index is -0.208. The molecule has 1 fully saturated rings. The maximum atomic E-state index is 12.0. The van der Waals surface area contributed by atoms with E-state index in [-0.39, 0.29) is 23.6 Å². The van der Waals surface area contributed by atoms with Crippen LogP contribution in [0.5, 0.6) is 11.8 Å². The average Bonchev–Trinajstić information content (AvgIpc) is 2.90. The smallest absolute Gasteiger partial charge is 0.310 e. The molecule has 3 rings (SSSR count). The summed E-state index contributed by atoms with van der Waals surface area (Å²) in [5, 5.41) is 20.8. The zero-order valence-electron chi connectivity index (χ0n) is 13.7. The Morgan fingerprint density at radius 2 is 2.04 bits per heavy atom. The summed E-state index contributed by atoms with van der Waals surface area (Å²) >= 11 is 0. The van der Waals surface area contributed by atoms with Gasteiger partial charge >= 0.3 is 5.97 Å². The molecule has 2 aromatic rings. The summed E-state index contributed by atoms with van der Waals surface area (Å²) in [7, 11) is 0. The number of piperidine rings is 1. The highest BCUT2D eigenvalue weighted by atomic mass is 16.5. The number of carbonyl (C=O) groups is 1. The highest BCUT2D eigenvalue weighted by Crippen LogP contribution is 2.39. The fourth-order valence-corrected chi connectivity index (χ4v) is 3.19. The first-order chi connectivity index (χ1) is 11.6. The molecule has 1 unspecified atom stereocenters. The van der Waals surface area contributed by atoms with E-state index in [1.165, 1.54) is 10.6 Å². The minimum Gasteiger partial charge on any atom is -0.494 e. The highest BCUT2D eigenvalue weighted by molar-refractivity contribution is 5.74. The molecule has 128 valence electrons. The summed E-state index contributed by atoms with van der Waals surface area (Å²) < 4.78 is 6.50. The molecule has 0 saturated carbocycles. The Hall–Kier alpha value is -2.63. The van der Waals surface area contributed by atoms with Gasteiger partial charge in [-0.3, -0.25) is 4.79 Å². The van der Waals surface area contributed by atoms with Gasteiger partial charge in [-0.2, -0.15) is 0 Å². The first-order valence-corrected chi connectivity index (χ1v) is 8.22. The van der Waals surface area contributed by atoms with Crippen molar-refractivity contribution in [3.8, 4) is 17.4 Å². The van der Waals surface area contributed by atoms with Gasteiger partial charge in [-0.15, -0.1) is 0 Å². The van der Waals surface area contributed by atoms with Crippen LogP contribution in [0.2, 0.25) is 0 Å². The van der Waals surface area contributed by atoms with Crippen molar-refractivity contribution < 1.29 is 19.7 Å². The van der Waals surface area contributed by atoms with E-state index >= 15 is 0 Å². The third kappa shape index (κ3) is 3.04. The van der Waals surface area contributed by atoms with Crippen LogP contribution in [0.3, 0.4) is 0 Å². The van der Waals surface area contributed by atoms with Crippen LogP contribution in [0.1, 0.15) is 19.8 Å². The number of benzene rings is 1. The standard InChI is InChI=1S/C18H22N2O4/c1-2-24-18(23)13-7-6-10-19(12-13)15-11-16(21)20(17(15)22)14-8-4-3-5-9-14/h3-5,8-9,11,13,21-22H,2,6-7,10,12H2,1H3. The van der Waals surface area contributed by atoms with Gasteiger partial charge in [0.05, 0.1) is 18.2 Å². The van der Waals surface area contributed by atoms with Crippen molar-refractivity contribution >= 4 is 11.7 Å². The van der Waals surface area contributed by atoms with E-state index in [9.17, 15) is 15.0 Å². The molecule has 0 radical (unpaired) electrons. The Bertz CT molecular complexity index is 711. The third-order valence-corrected chi connectivity index (χ3v) is 4.33.